The number of likely N-dealkylation sites (N-methyl/N-ethyl adjacent to an activating group) is 1. The summed E-state index contributed by atoms with van der Waals surface area (Å²) in [5.74, 6) is 0. The summed E-state index contributed by atoms with van der Waals surface area (Å²) in [5.41, 5.74) is 3.04. The van der Waals surface area contributed by atoms with E-state index in [1.807, 2.05) is 0 Å². The van der Waals surface area contributed by atoms with Crippen molar-refractivity contribution in [1.82, 2.24) is 4.90 Å². The number of ether oxygens (including phenoxy) is 1. The third-order valence-corrected chi connectivity index (χ3v) is 3.53. The molecule has 1 atom stereocenters. The highest BCUT2D eigenvalue weighted by Gasteiger charge is 2.24. The normalized spacial score (nSPS) is 19.0. The maximum absolute atomic E-state index is 5.62. The van der Waals surface area contributed by atoms with Crippen LogP contribution in [0, 0.1) is 0 Å². The highest BCUT2D eigenvalue weighted by atomic mass is 16.5. The third kappa shape index (κ3) is 3.08. The summed E-state index contributed by atoms with van der Waals surface area (Å²) in [5, 5.41) is 0. The number of fused-ring (bicyclic) bond motifs is 1. The molecule has 2 heteroatoms. The quantitative estimate of drug-likeness (QED) is 0.775. The van der Waals surface area contributed by atoms with E-state index in [4.69, 9.17) is 4.74 Å². The molecule has 1 aromatic rings. The Labute approximate surface area is 105 Å². The molecule has 0 N–H and O–H groups in total. The van der Waals surface area contributed by atoms with Gasteiger partial charge in [0, 0.05) is 12.6 Å². The van der Waals surface area contributed by atoms with Gasteiger partial charge in [0.1, 0.15) is 0 Å². The van der Waals surface area contributed by atoms with E-state index in [-0.39, 0.29) is 0 Å². The monoisotopic (exact) mass is 233 g/mol. The molecule has 0 bridgehead atoms. The van der Waals surface area contributed by atoms with Gasteiger partial charge >= 0.3 is 0 Å². The van der Waals surface area contributed by atoms with E-state index < -0.39 is 0 Å². The molecule has 2 rings (SSSR count). The van der Waals surface area contributed by atoms with Gasteiger partial charge in [-0.1, -0.05) is 24.3 Å². The van der Waals surface area contributed by atoms with Crippen molar-refractivity contribution in [3.8, 4) is 0 Å². The fourth-order valence-electron chi connectivity index (χ4n) is 2.58. The highest BCUT2D eigenvalue weighted by molar-refractivity contribution is 5.34. The summed E-state index contributed by atoms with van der Waals surface area (Å²) < 4.78 is 5.62. The molecule has 1 aliphatic carbocycles. The lowest BCUT2D eigenvalue weighted by atomic mass is 10.1. The molecule has 0 saturated carbocycles. The van der Waals surface area contributed by atoms with Gasteiger partial charge in [-0.05, 0) is 44.9 Å². The van der Waals surface area contributed by atoms with Crippen molar-refractivity contribution in [2.75, 3.05) is 20.2 Å². The minimum absolute atomic E-state index is 0.333. The van der Waals surface area contributed by atoms with Crippen LogP contribution in [-0.2, 0) is 11.2 Å². The molecule has 0 saturated heterocycles. The molecular formula is C15H23NO. The standard InChI is InChI=1S/C15H23NO/c1-12(2)17-11-10-16(3)15-9-8-13-6-4-5-7-14(13)15/h4-7,12,15H,8-11H2,1-3H3. The Morgan fingerprint density at radius 2 is 2.12 bits per heavy atom. The van der Waals surface area contributed by atoms with Crippen molar-refractivity contribution < 1.29 is 4.74 Å². The van der Waals surface area contributed by atoms with Crippen LogP contribution in [0.25, 0.3) is 0 Å². The van der Waals surface area contributed by atoms with Crippen molar-refractivity contribution in [1.29, 1.82) is 0 Å². The molecule has 0 aromatic heterocycles. The average molecular weight is 233 g/mol. The Bertz CT molecular complexity index is 362. The first-order chi connectivity index (χ1) is 8.18. The summed E-state index contributed by atoms with van der Waals surface area (Å²) in [6.45, 7) is 6.01. The fraction of sp³-hybridized carbons (Fsp3) is 0.600. The van der Waals surface area contributed by atoms with Crippen LogP contribution in [0.4, 0.5) is 0 Å². The lowest BCUT2D eigenvalue weighted by molar-refractivity contribution is 0.0558. The van der Waals surface area contributed by atoms with Crippen LogP contribution in [0.15, 0.2) is 24.3 Å². The molecule has 0 aliphatic heterocycles. The first-order valence-corrected chi connectivity index (χ1v) is 6.58. The van der Waals surface area contributed by atoms with Crippen molar-refractivity contribution in [3.05, 3.63) is 35.4 Å². The second-order valence-electron chi connectivity index (χ2n) is 5.15. The van der Waals surface area contributed by atoms with Gasteiger partial charge in [-0.15, -0.1) is 0 Å². The number of nitrogens with zero attached hydrogens (tertiary/aromatic N) is 1. The molecule has 17 heavy (non-hydrogen) atoms. The van der Waals surface area contributed by atoms with Crippen LogP contribution in [0.3, 0.4) is 0 Å². The lowest BCUT2D eigenvalue weighted by Gasteiger charge is -2.25. The van der Waals surface area contributed by atoms with E-state index in [0.29, 0.717) is 12.1 Å². The van der Waals surface area contributed by atoms with Crippen LogP contribution >= 0.6 is 0 Å². The molecule has 1 aromatic carbocycles. The molecule has 1 aliphatic rings. The molecule has 0 radical (unpaired) electrons. The minimum Gasteiger partial charge on any atom is -0.377 e. The van der Waals surface area contributed by atoms with Gasteiger partial charge in [0.25, 0.3) is 0 Å². The van der Waals surface area contributed by atoms with Crippen molar-refractivity contribution >= 4 is 0 Å². The van der Waals surface area contributed by atoms with Crippen molar-refractivity contribution in [2.45, 2.75) is 38.8 Å². The van der Waals surface area contributed by atoms with E-state index in [9.17, 15) is 0 Å². The molecule has 0 spiro atoms. The number of hydrogen-bond donors (Lipinski definition) is 0. The van der Waals surface area contributed by atoms with E-state index in [1.54, 1.807) is 0 Å². The molecule has 0 amide bonds. The van der Waals surface area contributed by atoms with Crippen molar-refractivity contribution in [3.63, 3.8) is 0 Å². The largest absolute Gasteiger partial charge is 0.377 e. The lowest BCUT2D eigenvalue weighted by Crippen LogP contribution is -2.27. The number of hydrogen-bond acceptors (Lipinski definition) is 2. The van der Waals surface area contributed by atoms with E-state index >= 15 is 0 Å². The Balaban J connectivity index is 1.91. The zero-order valence-corrected chi connectivity index (χ0v) is 11.1. The fourth-order valence-corrected chi connectivity index (χ4v) is 2.58. The van der Waals surface area contributed by atoms with Crippen LogP contribution < -0.4 is 0 Å². The molecule has 0 fully saturated rings. The van der Waals surface area contributed by atoms with Crippen LogP contribution in [-0.4, -0.2) is 31.2 Å². The maximum Gasteiger partial charge on any atom is 0.0597 e. The molecule has 2 nitrogen and oxygen atoms in total. The zero-order valence-electron chi connectivity index (χ0n) is 11.1. The van der Waals surface area contributed by atoms with Gasteiger partial charge in [-0.3, -0.25) is 4.90 Å². The van der Waals surface area contributed by atoms with E-state index in [0.717, 1.165) is 13.2 Å². The SMILES string of the molecule is CC(C)OCCN(C)C1CCc2ccccc21. The average Bonchev–Trinajstić information content (AvgIpc) is 2.72. The molecule has 94 valence electrons. The topological polar surface area (TPSA) is 12.5 Å². The molecular weight excluding hydrogens is 210 g/mol. The Morgan fingerprint density at radius 3 is 2.88 bits per heavy atom. The predicted molar refractivity (Wildman–Crippen MR) is 71.2 cm³/mol. The smallest absolute Gasteiger partial charge is 0.0597 e. The Hall–Kier alpha value is -0.860. The number of aryl methyl sites for hydroxylation is 1. The first kappa shape index (κ1) is 12.6. The van der Waals surface area contributed by atoms with Crippen LogP contribution in [0.1, 0.15) is 37.4 Å². The van der Waals surface area contributed by atoms with Gasteiger partial charge in [0.2, 0.25) is 0 Å². The summed E-state index contributed by atoms with van der Waals surface area (Å²) in [4.78, 5) is 2.42. The molecule has 1 unspecified atom stereocenters. The predicted octanol–water partition coefficient (Wildman–Crippen LogP) is 3.03. The summed E-state index contributed by atoms with van der Waals surface area (Å²) in [6.07, 6.45) is 2.80. The Morgan fingerprint density at radius 1 is 1.35 bits per heavy atom. The van der Waals surface area contributed by atoms with Gasteiger partial charge in [0.05, 0.1) is 12.7 Å². The van der Waals surface area contributed by atoms with Crippen molar-refractivity contribution in [2.24, 2.45) is 0 Å². The Kier molecular flexibility index (Phi) is 4.19. The van der Waals surface area contributed by atoms with Gasteiger partial charge < -0.3 is 4.74 Å². The highest BCUT2D eigenvalue weighted by Crippen LogP contribution is 2.34. The van der Waals surface area contributed by atoms with E-state index in [1.165, 1.54) is 24.0 Å². The maximum atomic E-state index is 5.62. The van der Waals surface area contributed by atoms with Gasteiger partial charge in [-0.2, -0.15) is 0 Å². The number of benzene rings is 1. The third-order valence-electron chi connectivity index (χ3n) is 3.53. The van der Waals surface area contributed by atoms with Gasteiger partial charge in [-0.25, -0.2) is 0 Å². The second-order valence-corrected chi connectivity index (χ2v) is 5.15. The first-order valence-electron chi connectivity index (χ1n) is 6.58. The summed E-state index contributed by atoms with van der Waals surface area (Å²) in [6, 6.07) is 9.40. The summed E-state index contributed by atoms with van der Waals surface area (Å²) in [7, 11) is 2.20. The van der Waals surface area contributed by atoms with Crippen LogP contribution in [0.5, 0.6) is 0 Å². The van der Waals surface area contributed by atoms with Gasteiger partial charge in [0.15, 0.2) is 0 Å². The zero-order chi connectivity index (χ0) is 12.3. The summed E-state index contributed by atoms with van der Waals surface area (Å²) >= 11 is 0. The second kappa shape index (κ2) is 5.65. The van der Waals surface area contributed by atoms with Crippen LogP contribution in [0.2, 0.25) is 0 Å². The molecule has 0 heterocycles. The minimum atomic E-state index is 0.333. The number of rotatable bonds is 5. The van der Waals surface area contributed by atoms with E-state index in [2.05, 4.69) is 50.1 Å².